The van der Waals surface area contributed by atoms with Crippen LogP contribution in [0.15, 0.2) is 78.2 Å². The number of hydrogen-bond donors (Lipinski definition) is 2. The number of anilines is 1. The summed E-state index contributed by atoms with van der Waals surface area (Å²) in [5.41, 5.74) is 4.97. The number of carbonyl (C=O) groups excluding carboxylic acids is 1. The minimum absolute atomic E-state index is 0.263. The first-order valence-corrected chi connectivity index (χ1v) is 10.3. The lowest BCUT2D eigenvalue weighted by Crippen LogP contribution is -2.28. The molecule has 0 spiro atoms. The number of carbonyl (C=O) groups is 1. The average Bonchev–Trinajstić information content (AvgIpc) is 3.30. The van der Waals surface area contributed by atoms with Gasteiger partial charge in [0.15, 0.2) is 0 Å². The molecular formula is C25H25N3O3. The van der Waals surface area contributed by atoms with Gasteiger partial charge in [0.05, 0.1) is 5.71 Å². The Hall–Kier alpha value is -3.51. The van der Waals surface area contributed by atoms with Gasteiger partial charge in [-0.05, 0) is 46.9 Å². The van der Waals surface area contributed by atoms with Gasteiger partial charge in [0.25, 0.3) is 5.91 Å². The maximum absolute atomic E-state index is 12.6. The van der Waals surface area contributed by atoms with Gasteiger partial charge in [-0.3, -0.25) is 9.78 Å². The van der Waals surface area contributed by atoms with Gasteiger partial charge in [0, 0.05) is 30.1 Å². The summed E-state index contributed by atoms with van der Waals surface area (Å²) in [6, 6.07) is 18.8. The fourth-order valence-corrected chi connectivity index (χ4v) is 3.66. The molecule has 0 fully saturated rings. The van der Waals surface area contributed by atoms with E-state index >= 15 is 0 Å². The van der Waals surface area contributed by atoms with Crippen LogP contribution in [0.2, 0.25) is 0 Å². The lowest BCUT2D eigenvalue weighted by atomic mass is 9.91. The number of rotatable bonds is 6. The molecule has 0 saturated heterocycles. The molecule has 2 unspecified atom stereocenters. The van der Waals surface area contributed by atoms with E-state index in [0.29, 0.717) is 23.7 Å². The van der Waals surface area contributed by atoms with E-state index < -0.39 is 12.2 Å². The smallest absolute Gasteiger partial charge is 0.268 e. The summed E-state index contributed by atoms with van der Waals surface area (Å²) in [5, 5.41) is 17.8. The van der Waals surface area contributed by atoms with Gasteiger partial charge >= 0.3 is 0 Å². The normalized spacial score (nSPS) is 16.5. The van der Waals surface area contributed by atoms with Crippen molar-refractivity contribution in [3.05, 3.63) is 95.3 Å². The second-order valence-electron chi connectivity index (χ2n) is 7.88. The third-order valence-corrected chi connectivity index (χ3v) is 5.36. The highest BCUT2D eigenvalue weighted by molar-refractivity contribution is 6.05. The number of pyridine rings is 1. The molecule has 31 heavy (non-hydrogen) atoms. The number of aromatic nitrogens is 1. The minimum atomic E-state index is -0.725. The zero-order valence-electron chi connectivity index (χ0n) is 17.5. The molecule has 1 aliphatic rings. The van der Waals surface area contributed by atoms with Crippen LogP contribution in [0.5, 0.6) is 0 Å². The Balaban J connectivity index is 1.40. The van der Waals surface area contributed by atoms with Crippen molar-refractivity contribution < 1.29 is 14.7 Å². The number of benzene rings is 2. The fraction of sp³-hybridized carbons (Fsp3) is 0.240. The molecule has 0 radical (unpaired) electrons. The monoisotopic (exact) mass is 415 g/mol. The lowest BCUT2D eigenvalue weighted by Gasteiger charge is -2.18. The number of hydrogen-bond acceptors (Lipinski definition) is 5. The molecule has 3 aromatic rings. The molecule has 1 aliphatic heterocycles. The highest BCUT2D eigenvalue weighted by atomic mass is 16.6. The van der Waals surface area contributed by atoms with Crippen LogP contribution in [0.3, 0.4) is 0 Å². The van der Waals surface area contributed by atoms with Gasteiger partial charge < -0.3 is 15.3 Å². The lowest BCUT2D eigenvalue weighted by molar-refractivity contribution is -0.125. The van der Waals surface area contributed by atoms with Gasteiger partial charge in [0.2, 0.25) is 6.10 Å². The van der Waals surface area contributed by atoms with Gasteiger partial charge in [0.1, 0.15) is 6.10 Å². The third kappa shape index (κ3) is 4.64. The van der Waals surface area contributed by atoms with Crippen LogP contribution in [0.4, 0.5) is 5.69 Å². The largest absolute Gasteiger partial charge is 0.384 e. The summed E-state index contributed by atoms with van der Waals surface area (Å²) < 4.78 is 0. The second kappa shape index (κ2) is 9.10. The number of amides is 1. The molecule has 0 saturated carbocycles. The van der Waals surface area contributed by atoms with Crippen LogP contribution in [0, 0.1) is 0 Å². The van der Waals surface area contributed by atoms with E-state index in [0.717, 1.165) is 22.3 Å². The molecule has 2 N–H and O–H groups in total. The highest BCUT2D eigenvalue weighted by Gasteiger charge is 2.29. The molecule has 6 nitrogen and oxygen atoms in total. The van der Waals surface area contributed by atoms with Gasteiger partial charge in [-0.2, -0.15) is 0 Å². The van der Waals surface area contributed by atoms with Crippen LogP contribution < -0.4 is 5.32 Å². The Morgan fingerprint density at radius 1 is 1.06 bits per heavy atom. The van der Waals surface area contributed by atoms with E-state index in [2.05, 4.69) is 29.3 Å². The number of oxime groups is 1. The standard InChI is InChI=1S/C25H25N3O3/c1-16(2)20-7-3-4-8-21(20)24(29)17-9-11-19(12-10-17)27-25(30)23-14-22(28-31-23)18-6-5-13-26-15-18/h3-13,15-16,23-24,29H,14H2,1-2H3,(H,27,30). The minimum Gasteiger partial charge on any atom is -0.384 e. The zero-order valence-corrected chi connectivity index (χ0v) is 17.5. The SMILES string of the molecule is CC(C)c1ccccc1C(O)c1ccc(NC(=O)C2CC(c3cccnc3)=NO2)cc1. The van der Waals surface area contributed by atoms with E-state index in [1.807, 2.05) is 48.5 Å². The maximum Gasteiger partial charge on any atom is 0.268 e. The summed E-state index contributed by atoms with van der Waals surface area (Å²) in [6.45, 7) is 4.22. The van der Waals surface area contributed by atoms with Crippen molar-refractivity contribution in [3.63, 3.8) is 0 Å². The van der Waals surface area contributed by atoms with Crippen LogP contribution >= 0.6 is 0 Å². The summed E-state index contributed by atoms with van der Waals surface area (Å²) >= 11 is 0. The van der Waals surface area contributed by atoms with Crippen molar-refractivity contribution >= 4 is 17.3 Å². The first kappa shape index (κ1) is 20.8. The van der Waals surface area contributed by atoms with Crippen molar-refractivity contribution in [1.29, 1.82) is 0 Å². The van der Waals surface area contributed by atoms with E-state index in [9.17, 15) is 9.90 Å². The predicted octanol–water partition coefficient (Wildman–Crippen LogP) is 4.42. The predicted molar refractivity (Wildman–Crippen MR) is 120 cm³/mol. The summed E-state index contributed by atoms with van der Waals surface area (Å²) in [6.07, 6.45) is 2.37. The molecule has 4 rings (SSSR count). The summed E-state index contributed by atoms with van der Waals surface area (Å²) in [7, 11) is 0. The van der Waals surface area contributed by atoms with E-state index in [4.69, 9.17) is 4.84 Å². The molecule has 0 bridgehead atoms. The molecule has 6 heteroatoms. The molecule has 158 valence electrons. The molecule has 2 aromatic carbocycles. The first-order valence-electron chi connectivity index (χ1n) is 10.3. The summed E-state index contributed by atoms with van der Waals surface area (Å²) in [5.74, 6) is 0.0516. The molecule has 1 aromatic heterocycles. The maximum atomic E-state index is 12.6. The van der Waals surface area contributed by atoms with E-state index in [1.165, 1.54) is 0 Å². The fourth-order valence-electron chi connectivity index (χ4n) is 3.66. The molecule has 0 aliphatic carbocycles. The van der Waals surface area contributed by atoms with Crippen molar-refractivity contribution in [2.24, 2.45) is 5.16 Å². The van der Waals surface area contributed by atoms with E-state index in [-0.39, 0.29) is 5.91 Å². The Labute approximate surface area is 181 Å². The Morgan fingerprint density at radius 2 is 1.81 bits per heavy atom. The molecule has 2 atom stereocenters. The Bertz CT molecular complexity index is 1080. The van der Waals surface area contributed by atoms with Gasteiger partial charge in [-0.15, -0.1) is 0 Å². The van der Waals surface area contributed by atoms with Crippen molar-refractivity contribution in [3.8, 4) is 0 Å². The number of nitrogens with one attached hydrogen (secondary N) is 1. The molecular weight excluding hydrogens is 390 g/mol. The number of nitrogens with zero attached hydrogens (tertiary/aromatic N) is 2. The topological polar surface area (TPSA) is 83.8 Å². The van der Waals surface area contributed by atoms with Gasteiger partial charge in [-0.25, -0.2) is 0 Å². The Kier molecular flexibility index (Phi) is 6.09. The van der Waals surface area contributed by atoms with Crippen LogP contribution in [-0.2, 0) is 9.63 Å². The zero-order chi connectivity index (χ0) is 21.8. The van der Waals surface area contributed by atoms with Crippen molar-refractivity contribution in [2.45, 2.75) is 38.4 Å². The Morgan fingerprint density at radius 3 is 2.48 bits per heavy atom. The van der Waals surface area contributed by atoms with Crippen LogP contribution in [0.25, 0.3) is 0 Å². The van der Waals surface area contributed by atoms with Crippen molar-refractivity contribution in [2.75, 3.05) is 5.32 Å². The molecule has 1 amide bonds. The van der Waals surface area contributed by atoms with Crippen LogP contribution in [-0.4, -0.2) is 27.8 Å². The second-order valence-corrected chi connectivity index (χ2v) is 7.88. The quantitative estimate of drug-likeness (QED) is 0.624. The highest BCUT2D eigenvalue weighted by Crippen LogP contribution is 2.30. The number of aliphatic hydroxyl groups is 1. The van der Waals surface area contributed by atoms with Gasteiger partial charge in [-0.1, -0.05) is 55.4 Å². The summed E-state index contributed by atoms with van der Waals surface area (Å²) in [4.78, 5) is 22.0. The molecule has 2 heterocycles. The average molecular weight is 415 g/mol. The van der Waals surface area contributed by atoms with Crippen molar-refractivity contribution in [1.82, 2.24) is 4.98 Å². The van der Waals surface area contributed by atoms with Crippen LogP contribution in [0.1, 0.15) is 54.5 Å². The van der Waals surface area contributed by atoms with E-state index in [1.54, 1.807) is 24.5 Å². The first-order chi connectivity index (χ1) is 15.0. The number of aliphatic hydroxyl groups excluding tert-OH is 1. The third-order valence-electron chi connectivity index (χ3n) is 5.36.